The molecule has 0 aromatic heterocycles. The van der Waals surface area contributed by atoms with E-state index in [0.717, 1.165) is 5.56 Å². The first kappa shape index (κ1) is 13.2. The lowest BCUT2D eigenvalue weighted by molar-refractivity contribution is 0.217. The highest BCUT2D eigenvalue weighted by atomic mass is 19.1. The number of rotatable bonds is 5. The lowest BCUT2D eigenvalue weighted by Crippen LogP contribution is -2.10. The van der Waals surface area contributed by atoms with Crippen molar-refractivity contribution in [2.75, 3.05) is 18.9 Å². The second kappa shape index (κ2) is 6.09. The van der Waals surface area contributed by atoms with Gasteiger partial charge in [0, 0.05) is 6.07 Å². The Morgan fingerprint density at radius 3 is 2.58 bits per heavy atom. The van der Waals surface area contributed by atoms with Crippen LogP contribution in [0.15, 0.2) is 42.5 Å². The lowest BCUT2D eigenvalue weighted by atomic mass is 10.2. The number of hydrogen-bond acceptors (Lipinski definition) is 3. The van der Waals surface area contributed by atoms with Crippen molar-refractivity contribution in [2.24, 2.45) is 0 Å². The number of hydrogen-bond donors (Lipinski definition) is 1. The molecule has 0 unspecified atom stereocenters. The average Bonchev–Trinajstić information content (AvgIpc) is 2.37. The van der Waals surface area contributed by atoms with Crippen LogP contribution in [-0.2, 0) is 0 Å². The number of nitrogen functional groups attached to an aromatic ring is 1. The zero-order chi connectivity index (χ0) is 13.7. The fraction of sp³-hybridized carbons (Fsp3) is 0.200. The zero-order valence-electron chi connectivity index (χ0n) is 10.7. The summed E-state index contributed by atoms with van der Waals surface area (Å²) in [5, 5.41) is 0. The van der Waals surface area contributed by atoms with Crippen molar-refractivity contribution >= 4 is 5.69 Å². The number of benzene rings is 2. The third-order valence-electron chi connectivity index (χ3n) is 2.57. The summed E-state index contributed by atoms with van der Waals surface area (Å²) >= 11 is 0. The van der Waals surface area contributed by atoms with Gasteiger partial charge in [-0.05, 0) is 36.8 Å². The Bertz CT molecular complexity index is 558. The molecule has 2 aromatic rings. The molecule has 0 radical (unpaired) electrons. The molecule has 0 aliphatic carbocycles. The van der Waals surface area contributed by atoms with Gasteiger partial charge in [-0.25, -0.2) is 4.39 Å². The summed E-state index contributed by atoms with van der Waals surface area (Å²) in [7, 11) is 0. The highest BCUT2D eigenvalue weighted by Gasteiger charge is 2.01. The second-order valence-corrected chi connectivity index (χ2v) is 4.20. The molecule has 0 aliphatic rings. The molecular formula is C15H16FNO2. The van der Waals surface area contributed by atoms with Gasteiger partial charge in [0.1, 0.15) is 30.5 Å². The van der Waals surface area contributed by atoms with Crippen molar-refractivity contribution in [3.05, 3.63) is 53.8 Å². The van der Waals surface area contributed by atoms with Gasteiger partial charge < -0.3 is 15.2 Å². The van der Waals surface area contributed by atoms with E-state index >= 15 is 0 Å². The highest BCUT2D eigenvalue weighted by Crippen LogP contribution is 2.22. The number of halogens is 1. The minimum atomic E-state index is -0.318. The maximum atomic E-state index is 12.9. The van der Waals surface area contributed by atoms with Gasteiger partial charge in [0.25, 0.3) is 0 Å². The number of anilines is 1. The standard InChI is InChI=1S/C15H16FNO2/c1-11-5-6-15(14(17)9-11)19-8-7-18-13-4-2-3-12(16)10-13/h2-6,9-10H,7-8,17H2,1H3. The molecule has 3 nitrogen and oxygen atoms in total. The van der Waals surface area contributed by atoms with Crippen LogP contribution < -0.4 is 15.2 Å². The van der Waals surface area contributed by atoms with Crippen LogP contribution in [0.25, 0.3) is 0 Å². The van der Waals surface area contributed by atoms with Crippen LogP contribution in [0.1, 0.15) is 5.56 Å². The van der Waals surface area contributed by atoms with Gasteiger partial charge in [0.15, 0.2) is 0 Å². The van der Waals surface area contributed by atoms with E-state index in [2.05, 4.69) is 0 Å². The fourth-order valence-electron chi connectivity index (χ4n) is 1.67. The molecule has 0 aliphatic heterocycles. The Morgan fingerprint density at radius 1 is 1.05 bits per heavy atom. The van der Waals surface area contributed by atoms with Crippen molar-refractivity contribution in [2.45, 2.75) is 6.92 Å². The van der Waals surface area contributed by atoms with Crippen LogP contribution in [0.5, 0.6) is 11.5 Å². The summed E-state index contributed by atoms with van der Waals surface area (Å²) in [6.45, 7) is 2.65. The SMILES string of the molecule is Cc1ccc(OCCOc2cccc(F)c2)c(N)c1. The molecule has 4 heteroatoms. The van der Waals surface area contributed by atoms with Crippen LogP contribution in [-0.4, -0.2) is 13.2 Å². The zero-order valence-corrected chi connectivity index (χ0v) is 10.7. The lowest BCUT2D eigenvalue weighted by Gasteiger charge is -2.10. The first-order chi connectivity index (χ1) is 9.15. The van der Waals surface area contributed by atoms with Gasteiger partial charge in [-0.2, -0.15) is 0 Å². The van der Waals surface area contributed by atoms with Crippen LogP contribution in [0, 0.1) is 12.7 Å². The molecule has 0 fully saturated rings. The Kier molecular flexibility index (Phi) is 4.23. The summed E-state index contributed by atoms with van der Waals surface area (Å²) in [5.41, 5.74) is 7.51. The molecule has 0 saturated heterocycles. The number of ether oxygens (including phenoxy) is 2. The van der Waals surface area contributed by atoms with Gasteiger partial charge >= 0.3 is 0 Å². The maximum Gasteiger partial charge on any atom is 0.142 e. The van der Waals surface area contributed by atoms with Crippen molar-refractivity contribution in [1.82, 2.24) is 0 Å². The molecule has 0 amide bonds. The van der Waals surface area contributed by atoms with E-state index in [1.807, 2.05) is 25.1 Å². The van der Waals surface area contributed by atoms with E-state index in [1.54, 1.807) is 12.1 Å². The van der Waals surface area contributed by atoms with E-state index in [-0.39, 0.29) is 5.82 Å². The van der Waals surface area contributed by atoms with Gasteiger partial charge in [0.2, 0.25) is 0 Å². The monoisotopic (exact) mass is 261 g/mol. The predicted octanol–water partition coefficient (Wildman–Crippen LogP) is 3.17. The van der Waals surface area contributed by atoms with Crippen molar-refractivity contribution in [3.8, 4) is 11.5 Å². The first-order valence-electron chi connectivity index (χ1n) is 6.02. The van der Waals surface area contributed by atoms with Gasteiger partial charge in [-0.1, -0.05) is 12.1 Å². The van der Waals surface area contributed by atoms with E-state index in [0.29, 0.717) is 30.4 Å². The largest absolute Gasteiger partial charge is 0.490 e. The summed E-state index contributed by atoms with van der Waals surface area (Å²) < 4.78 is 23.8. The topological polar surface area (TPSA) is 44.5 Å². The predicted molar refractivity (Wildman–Crippen MR) is 73.0 cm³/mol. The molecule has 0 bridgehead atoms. The van der Waals surface area contributed by atoms with E-state index in [4.69, 9.17) is 15.2 Å². The minimum absolute atomic E-state index is 0.318. The third kappa shape index (κ3) is 3.88. The number of aryl methyl sites for hydroxylation is 1. The quantitative estimate of drug-likeness (QED) is 0.664. The minimum Gasteiger partial charge on any atom is -0.490 e. The fourth-order valence-corrected chi connectivity index (χ4v) is 1.67. The van der Waals surface area contributed by atoms with E-state index < -0.39 is 0 Å². The molecule has 0 spiro atoms. The Balaban J connectivity index is 1.81. The van der Waals surface area contributed by atoms with Crippen LogP contribution in [0.3, 0.4) is 0 Å². The molecular weight excluding hydrogens is 245 g/mol. The van der Waals surface area contributed by atoms with Crippen LogP contribution in [0.4, 0.5) is 10.1 Å². The summed E-state index contributed by atoms with van der Waals surface area (Å²) in [4.78, 5) is 0. The molecule has 100 valence electrons. The molecule has 0 atom stereocenters. The van der Waals surface area contributed by atoms with Crippen molar-refractivity contribution in [1.29, 1.82) is 0 Å². The van der Waals surface area contributed by atoms with Crippen LogP contribution >= 0.6 is 0 Å². The first-order valence-corrected chi connectivity index (χ1v) is 6.02. The summed E-state index contributed by atoms with van der Waals surface area (Å²) in [5.74, 6) is 0.801. The second-order valence-electron chi connectivity index (χ2n) is 4.20. The average molecular weight is 261 g/mol. The smallest absolute Gasteiger partial charge is 0.142 e. The molecule has 19 heavy (non-hydrogen) atoms. The van der Waals surface area contributed by atoms with Gasteiger partial charge in [-0.3, -0.25) is 0 Å². The van der Waals surface area contributed by atoms with Gasteiger partial charge in [-0.15, -0.1) is 0 Å². The molecule has 0 saturated carbocycles. The number of nitrogens with two attached hydrogens (primary N) is 1. The Morgan fingerprint density at radius 2 is 1.84 bits per heavy atom. The van der Waals surface area contributed by atoms with Crippen molar-refractivity contribution < 1.29 is 13.9 Å². The maximum absolute atomic E-state index is 12.9. The Labute approximate surface area is 111 Å². The molecule has 2 rings (SSSR count). The normalized spacial score (nSPS) is 10.2. The molecule has 2 aromatic carbocycles. The third-order valence-corrected chi connectivity index (χ3v) is 2.57. The van der Waals surface area contributed by atoms with E-state index in [9.17, 15) is 4.39 Å². The summed E-state index contributed by atoms with van der Waals surface area (Å²) in [6, 6.07) is 11.6. The molecule has 2 N–H and O–H groups in total. The summed E-state index contributed by atoms with van der Waals surface area (Å²) in [6.07, 6.45) is 0. The Hall–Kier alpha value is -2.23. The highest BCUT2D eigenvalue weighted by molar-refractivity contribution is 5.53. The van der Waals surface area contributed by atoms with Crippen molar-refractivity contribution in [3.63, 3.8) is 0 Å². The van der Waals surface area contributed by atoms with Crippen LogP contribution in [0.2, 0.25) is 0 Å². The molecule has 0 heterocycles. The van der Waals surface area contributed by atoms with E-state index in [1.165, 1.54) is 12.1 Å². The van der Waals surface area contributed by atoms with Gasteiger partial charge in [0.05, 0.1) is 5.69 Å².